The molecule has 0 amide bonds. The summed E-state index contributed by atoms with van der Waals surface area (Å²) in [6.45, 7) is 0.393. The van der Waals surface area contributed by atoms with Crippen molar-refractivity contribution in [3.63, 3.8) is 0 Å². The first-order valence-corrected chi connectivity index (χ1v) is 19.8. The maximum absolute atomic E-state index is 13.4. The molecule has 0 heterocycles. The van der Waals surface area contributed by atoms with Crippen LogP contribution in [0.15, 0.2) is 0 Å². The minimum Gasteiger partial charge on any atom is -0.481 e. The lowest BCUT2D eigenvalue weighted by molar-refractivity contribution is -0.262. The largest absolute Gasteiger partial charge is 0.481 e. The Hall–Kier alpha value is -1.18. The third-order valence-electron chi connectivity index (χ3n) is 14.2. The Morgan fingerprint density at radius 3 is 1.59 bits per heavy atom. The molecule has 6 fully saturated rings. The van der Waals surface area contributed by atoms with Crippen LogP contribution in [0.2, 0.25) is 0 Å². The number of carbonyl (C=O) groups is 2. The van der Waals surface area contributed by atoms with E-state index in [0.29, 0.717) is 49.2 Å². The molecule has 7 heteroatoms. The summed E-state index contributed by atoms with van der Waals surface area (Å²) in [4.78, 5) is 30.2. The average Bonchev–Trinajstić information content (AvgIpc) is 3.10. The summed E-state index contributed by atoms with van der Waals surface area (Å²) < 4.78 is 13.0. The predicted molar refractivity (Wildman–Crippen MR) is 177 cm³/mol. The van der Waals surface area contributed by atoms with Crippen molar-refractivity contribution in [2.24, 2.45) is 53.3 Å². The molecule has 7 nitrogen and oxygen atoms in total. The van der Waals surface area contributed by atoms with Gasteiger partial charge in [-0.05, 0) is 125 Å². The molecule has 6 rings (SSSR count). The number of aliphatic carboxylic acids is 1. The van der Waals surface area contributed by atoms with Crippen LogP contribution >= 0.6 is 0 Å². The van der Waals surface area contributed by atoms with Gasteiger partial charge in [0.15, 0.2) is 0 Å². The van der Waals surface area contributed by atoms with E-state index in [2.05, 4.69) is 4.89 Å². The van der Waals surface area contributed by atoms with E-state index >= 15 is 0 Å². The number of hydrogen-bond acceptors (Lipinski definition) is 6. The fraction of sp³-hybridized carbons (Fsp3) is 0.949. The highest BCUT2D eigenvalue weighted by Gasteiger charge is 2.44. The van der Waals surface area contributed by atoms with Crippen LogP contribution in [0.4, 0.5) is 0 Å². The summed E-state index contributed by atoms with van der Waals surface area (Å²) in [6, 6.07) is 0. The van der Waals surface area contributed by atoms with Crippen LogP contribution in [0.3, 0.4) is 0 Å². The molecule has 0 aliphatic heterocycles. The van der Waals surface area contributed by atoms with Gasteiger partial charge in [-0.2, -0.15) is 0 Å². The van der Waals surface area contributed by atoms with Gasteiger partial charge in [0.2, 0.25) is 0 Å². The summed E-state index contributed by atoms with van der Waals surface area (Å²) in [5, 5.41) is 19.2. The van der Waals surface area contributed by atoms with Gasteiger partial charge in [0.25, 0.3) is 0 Å². The first kappa shape index (κ1) is 34.7. The van der Waals surface area contributed by atoms with E-state index in [1.165, 1.54) is 83.5 Å². The standard InChI is InChI=1S/C39H64O7/c40-38(41)35-22-17-30(26-7-3-1-4-8-26)23-36(35)39(42)46-34-20-15-29(16-21-34)28-13-18-33(19-14-28)45-37-24-31(11-12-32(37)25-44-43)27-9-5-2-6-10-27/h26-37,43H,1-25H2,(H,40,41). The summed E-state index contributed by atoms with van der Waals surface area (Å²) in [7, 11) is 0. The predicted octanol–water partition coefficient (Wildman–Crippen LogP) is 9.22. The summed E-state index contributed by atoms with van der Waals surface area (Å²) in [5.41, 5.74) is 0. The van der Waals surface area contributed by atoms with Gasteiger partial charge in [-0.1, -0.05) is 64.2 Å². The van der Waals surface area contributed by atoms with E-state index in [9.17, 15) is 20.0 Å². The van der Waals surface area contributed by atoms with E-state index in [-0.39, 0.29) is 18.2 Å². The van der Waals surface area contributed by atoms with E-state index < -0.39 is 17.8 Å². The molecule has 0 radical (unpaired) electrons. The smallest absolute Gasteiger partial charge is 0.310 e. The third-order valence-corrected chi connectivity index (χ3v) is 14.2. The zero-order valence-electron chi connectivity index (χ0n) is 28.5. The zero-order chi connectivity index (χ0) is 31.9. The topological polar surface area (TPSA) is 102 Å². The second kappa shape index (κ2) is 17.0. The fourth-order valence-electron chi connectivity index (χ4n) is 11.4. The van der Waals surface area contributed by atoms with Crippen LogP contribution in [0.25, 0.3) is 0 Å². The van der Waals surface area contributed by atoms with Gasteiger partial charge in [0.1, 0.15) is 6.10 Å². The number of hydrogen-bond donors (Lipinski definition) is 2. The lowest BCUT2D eigenvalue weighted by atomic mass is 9.67. The molecular weight excluding hydrogens is 580 g/mol. The first-order valence-electron chi connectivity index (χ1n) is 19.8. The van der Waals surface area contributed by atoms with Crippen LogP contribution in [0.5, 0.6) is 0 Å². The second-order valence-electron chi connectivity index (χ2n) is 16.7. The van der Waals surface area contributed by atoms with Crippen molar-refractivity contribution in [2.75, 3.05) is 6.61 Å². The number of esters is 1. The molecular formula is C39H64O7. The van der Waals surface area contributed by atoms with Gasteiger partial charge in [0, 0.05) is 5.92 Å². The van der Waals surface area contributed by atoms with Crippen LogP contribution in [-0.4, -0.2) is 47.2 Å². The number of ether oxygens (including phenoxy) is 2. The molecule has 0 aromatic rings. The Kier molecular flexibility index (Phi) is 12.8. The highest BCUT2D eigenvalue weighted by atomic mass is 17.1. The van der Waals surface area contributed by atoms with Crippen molar-refractivity contribution in [3.05, 3.63) is 0 Å². The van der Waals surface area contributed by atoms with E-state index in [1.807, 2.05) is 0 Å². The molecule has 0 bridgehead atoms. The van der Waals surface area contributed by atoms with Gasteiger partial charge in [-0.3, -0.25) is 14.8 Å². The number of carbonyl (C=O) groups excluding carboxylic acids is 1. The van der Waals surface area contributed by atoms with Crippen LogP contribution in [-0.2, 0) is 24.0 Å². The van der Waals surface area contributed by atoms with Crippen molar-refractivity contribution in [3.8, 4) is 0 Å². The van der Waals surface area contributed by atoms with Gasteiger partial charge >= 0.3 is 11.9 Å². The minimum absolute atomic E-state index is 0.0537. The van der Waals surface area contributed by atoms with Crippen molar-refractivity contribution in [2.45, 2.75) is 172 Å². The van der Waals surface area contributed by atoms with Gasteiger partial charge in [-0.25, -0.2) is 4.89 Å². The molecule has 262 valence electrons. The van der Waals surface area contributed by atoms with Crippen LogP contribution in [0, 0.1) is 53.3 Å². The fourth-order valence-corrected chi connectivity index (χ4v) is 11.4. The van der Waals surface area contributed by atoms with Gasteiger partial charge < -0.3 is 14.6 Å². The Balaban J connectivity index is 0.936. The van der Waals surface area contributed by atoms with Gasteiger partial charge in [-0.15, -0.1) is 0 Å². The Morgan fingerprint density at radius 2 is 1.02 bits per heavy atom. The van der Waals surface area contributed by atoms with Crippen molar-refractivity contribution >= 4 is 11.9 Å². The van der Waals surface area contributed by atoms with Crippen molar-refractivity contribution in [1.29, 1.82) is 0 Å². The Bertz CT molecular complexity index is 942. The Labute approximate surface area is 278 Å². The summed E-state index contributed by atoms with van der Waals surface area (Å²) >= 11 is 0. The molecule has 6 unspecified atom stereocenters. The number of rotatable bonds is 10. The highest BCUT2D eigenvalue weighted by molar-refractivity contribution is 5.81. The monoisotopic (exact) mass is 644 g/mol. The normalized spacial score (nSPS) is 40.3. The maximum atomic E-state index is 13.4. The molecule has 2 N–H and O–H groups in total. The molecule has 0 aromatic heterocycles. The SMILES string of the molecule is O=C(O)C1CCC(C2CCCCC2)CC1C(=O)OC1CCC(C2CCC(OC3CC(C4CCCCC4)CCC3COO)CC2)CC1. The van der Waals surface area contributed by atoms with E-state index in [0.717, 1.165) is 75.5 Å². The maximum Gasteiger partial charge on any atom is 0.310 e. The molecule has 0 spiro atoms. The van der Waals surface area contributed by atoms with E-state index in [1.54, 1.807) is 0 Å². The molecule has 6 saturated carbocycles. The molecule has 6 aliphatic rings. The first-order chi connectivity index (χ1) is 22.5. The van der Waals surface area contributed by atoms with Crippen LogP contribution in [0.1, 0.15) is 154 Å². The number of carboxylic acids is 1. The summed E-state index contributed by atoms with van der Waals surface area (Å²) in [5.74, 6) is 2.38. The second-order valence-corrected chi connectivity index (χ2v) is 16.7. The third kappa shape index (κ3) is 8.88. The lowest BCUT2D eigenvalue weighted by Crippen LogP contribution is -2.41. The van der Waals surface area contributed by atoms with Crippen LogP contribution < -0.4 is 0 Å². The summed E-state index contributed by atoms with van der Waals surface area (Å²) in [6.07, 6.45) is 28.2. The lowest BCUT2D eigenvalue weighted by Gasteiger charge is -2.43. The average molecular weight is 645 g/mol. The molecule has 6 aliphatic carbocycles. The minimum atomic E-state index is -0.822. The Morgan fingerprint density at radius 1 is 0.522 bits per heavy atom. The molecule has 6 atom stereocenters. The van der Waals surface area contributed by atoms with Crippen molar-refractivity contribution in [1.82, 2.24) is 0 Å². The highest BCUT2D eigenvalue weighted by Crippen LogP contribution is 2.46. The van der Waals surface area contributed by atoms with Gasteiger partial charge in [0.05, 0.1) is 30.7 Å². The zero-order valence-corrected chi connectivity index (χ0v) is 28.5. The molecule has 46 heavy (non-hydrogen) atoms. The quantitative estimate of drug-likeness (QED) is 0.139. The number of carboxylic acid groups (broad SMARTS) is 1. The van der Waals surface area contributed by atoms with Crippen molar-refractivity contribution < 1.29 is 34.3 Å². The molecule has 0 aromatic carbocycles. The van der Waals surface area contributed by atoms with E-state index in [4.69, 9.17) is 9.47 Å². The molecule has 0 saturated heterocycles.